The van der Waals surface area contributed by atoms with E-state index in [9.17, 15) is 13.2 Å². The van der Waals surface area contributed by atoms with Gasteiger partial charge in [0.2, 0.25) is 0 Å². The zero-order valence-electron chi connectivity index (χ0n) is 15.6. The summed E-state index contributed by atoms with van der Waals surface area (Å²) in [6, 6.07) is 9.80. The maximum Gasteiger partial charge on any atom is 0.262 e. The third kappa shape index (κ3) is 4.35. The lowest BCUT2D eigenvalue weighted by Gasteiger charge is -2.17. The predicted molar refractivity (Wildman–Crippen MR) is 102 cm³/mol. The van der Waals surface area contributed by atoms with Gasteiger partial charge in [-0.15, -0.1) is 0 Å². The summed E-state index contributed by atoms with van der Waals surface area (Å²) in [6.45, 7) is 7.10. The molecule has 0 atom stereocenters. The Morgan fingerprint density at radius 1 is 1.08 bits per heavy atom. The number of carbonyl (C=O) groups is 1. The number of hydrogen-bond acceptors (Lipinski definition) is 4. The number of benzene rings is 2. The van der Waals surface area contributed by atoms with Crippen LogP contribution >= 0.6 is 0 Å². The molecule has 0 aliphatic carbocycles. The number of amides is 1. The molecule has 0 aromatic heterocycles. The van der Waals surface area contributed by atoms with Crippen LogP contribution in [-0.4, -0.2) is 27.5 Å². The van der Waals surface area contributed by atoms with Gasteiger partial charge in [0.15, 0.2) is 0 Å². The Labute approximate surface area is 154 Å². The van der Waals surface area contributed by atoms with E-state index in [0.717, 1.165) is 0 Å². The number of rotatable bonds is 6. The lowest BCUT2D eigenvalue weighted by molar-refractivity contribution is 0.0944. The Hall–Kier alpha value is -2.54. The zero-order chi connectivity index (χ0) is 19.5. The molecule has 0 saturated heterocycles. The number of carbonyl (C=O) groups excluding carboxylic acids is 1. The predicted octanol–water partition coefficient (Wildman–Crippen LogP) is 3.25. The second-order valence-corrected chi connectivity index (χ2v) is 7.99. The van der Waals surface area contributed by atoms with Crippen LogP contribution in [0.5, 0.6) is 5.75 Å². The van der Waals surface area contributed by atoms with E-state index in [4.69, 9.17) is 4.74 Å². The highest BCUT2D eigenvalue weighted by Gasteiger charge is 2.23. The second-order valence-electron chi connectivity index (χ2n) is 6.37. The largest absolute Gasteiger partial charge is 0.497 e. The summed E-state index contributed by atoms with van der Waals surface area (Å²) in [7, 11) is -2.34. The number of anilines is 1. The minimum Gasteiger partial charge on any atom is -0.497 e. The minimum absolute atomic E-state index is 0.0572. The average molecular weight is 376 g/mol. The molecule has 2 rings (SSSR count). The molecular formula is C19H24N2O4S. The first-order valence-corrected chi connectivity index (χ1v) is 9.72. The Kier molecular flexibility index (Phi) is 5.92. The lowest BCUT2D eigenvalue weighted by atomic mass is 10.1. The molecule has 2 N–H and O–H groups in total. The van der Waals surface area contributed by atoms with E-state index < -0.39 is 10.0 Å². The van der Waals surface area contributed by atoms with Crippen molar-refractivity contribution in [3.05, 3.63) is 53.1 Å². The van der Waals surface area contributed by atoms with Crippen molar-refractivity contribution in [3.63, 3.8) is 0 Å². The summed E-state index contributed by atoms with van der Waals surface area (Å²) < 4.78 is 33.6. The molecule has 2 aromatic rings. The van der Waals surface area contributed by atoms with Crippen molar-refractivity contribution in [2.24, 2.45) is 0 Å². The van der Waals surface area contributed by atoms with Crippen LogP contribution < -0.4 is 14.8 Å². The number of ether oxygens (including phenoxy) is 1. The summed E-state index contributed by atoms with van der Waals surface area (Å²) in [5.41, 5.74) is 1.64. The molecule has 0 unspecified atom stereocenters. The Balaban J connectivity index is 2.45. The summed E-state index contributed by atoms with van der Waals surface area (Å²) in [5, 5.41) is 2.77. The fraction of sp³-hybridized carbons (Fsp3) is 0.316. The fourth-order valence-electron chi connectivity index (χ4n) is 2.76. The molecule has 140 valence electrons. The van der Waals surface area contributed by atoms with Crippen LogP contribution in [0.15, 0.2) is 41.3 Å². The molecule has 0 heterocycles. The molecule has 0 aliphatic heterocycles. The van der Waals surface area contributed by atoms with Gasteiger partial charge in [0.25, 0.3) is 15.9 Å². The molecule has 7 heteroatoms. The maximum atomic E-state index is 13.0. The Morgan fingerprint density at radius 2 is 1.65 bits per heavy atom. The fourth-order valence-corrected chi connectivity index (χ4v) is 4.29. The summed E-state index contributed by atoms with van der Waals surface area (Å²) in [6.07, 6.45) is 0. The molecule has 0 spiro atoms. The van der Waals surface area contributed by atoms with Crippen molar-refractivity contribution < 1.29 is 17.9 Å². The van der Waals surface area contributed by atoms with Gasteiger partial charge in [-0.3, -0.25) is 9.52 Å². The summed E-state index contributed by atoms with van der Waals surface area (Å²) >= 11 is 0. The highest BCUT2D eigenvalue weighted by atomic mass is 32.2. The van der Waals surface area contributed by atoms with Crippen molar-refractivity contribution >= 4 is 21.6 Å². The first-order valence-electron chi connectivity index (χ1n) is 8.23. The molecular weight excluding hydrogens is 352 g/mol. The van der Waals surface area contributed by atoms with Gasteiger partial charge in [0.05, 0.1) is 23.3 Å². The molecule has 1 amide bonds. The standard InChI is InChI=1S/C19H24N2O4S/c1-12(2)20-19(22)16-8-6-7-9-17(16)21-26(23,24)18-13(3)10-15(25-5)11-14(18)4/h6-12,21H,1-5H3,(H,20,22). The van der Waals surface area contributed by atoms with Gasteiger partial charge in [-0.05, 0) is 63.1 Å². The van der Waals surface area contributed by atoms with E-state index >= 15 is 0 Å². The lowest BCUT2D eigenvalue weighted by Crippen LogP contribution is -2.31. The van der Waals surface area contributed by atoms with Crippen LogP contribution in [0.2, 0.25) is 0 Å². The first kappa shape index (κ1) is 19.8. The monoisotopic (exact) mass is 376 g/mol. The van der Waals surface area contributed by atoms with Crippen molar-refractivity contribution in [2.75, 3.05) is 11.8 Å². The van der Waals surface area contributed by atoms with Gasteiger partial charge < -0.3 is 10.1 Å². The summed E-state index contributed by atoms with van der Waals surface area (Å²) in [5.74, 6) is 0.261. The number of methoxy groups -OCH3 is 1. The molecule has 6 nitrogen and oxygen atoms in total. The summed E-state index contributed by atoms with van der Waals surface area (Å²) in [4.78, 5) is 12.5. The van der Waals surface area contributed by atoms with Gasteiger partial charge in [-0.2, -0.15) is 0 Å². The Morgan fingerprint density at radius 3 is 2.19 bits per heavy atom. The van der Waals surface area contributed by atoms with E-state index in [0.29, 0.717) is 16.9 Å². The maximum absolute atomic E-state index is 13.0. The number of para-hydroxylation sites is 1. The highest BCUT2D eigenvalue weighted by molar-refractivity contribution is 7.92. The minimum atomic E-state index is -3.87. The van der Waals surface area contributed by atoms with Gasteiger partial charge >= 0.3 is 0 Å². The average Bonchev–Trinajstić information content (AvgIpc) is 2.53. The number of sulfonamides is 1. The van der Waals surface area contributed by atoms with E-state index in [1.54, 1.807) is 50.2 Å². The van der Waals surface area contributed by atoms with Crippen LogP contribution in [0.25, 0.3) is 0 Å². The molecule has 2 aromatic carbocycles. The zero-order valence-corrected chi connectivity index (χ0v) is 16.4. The van der Waals surface area contributed by atoms with E-state index in [-0.39, 0.29) is 28.1 Å². The van der Waals surface area contributed by atoms with E-state index in [1.165, 1.54) is 7.11 Å². The second kappa shape index (κ2) is 7.78. The molecule has 0 bridgehead atoms. The highest BCUT2D eigenvalue weighted by Crippen LogP contribution is 2.28. The van der Waals surface area contributed by atoms with Gasteiger partial charge in [-0.25, -0.2) is 8.42 Å². The third-order valence-corrected chi connectivity index (χ3v) is 5.44. The normalized spacial score (nSPS) is 11.3. The molecule has 26 heavy (non-hydrogen) atoms. The number of nitrogens with one attached hydrogen (secondary N) is 2. The molecule has 0 saturated carbocycles. The van der Waals surface area contributed by atoms with Crippen LogP contribution in [0.4, 0.5) is 5.69 Å². The molecule has 0 aliphatic rings. The van der Waals surface area contributed by atoms with Crippen molar-refractivity contribution in [3.8, 4) is 5.75 Å². The van der Waals surface area contributed by atoms with Crippen LogP contribution in [0, 0.1) is 13.8 Å². The van der Waals surface area contributed by atoms with E-state index in [1.807, 2.05) is 13.8 Å². The Bertz CT molecular complexity index is 898. The van der Waals surface area contributed by atoms with Gasteiger partial charge in [0.1, 0.15) is 5.75 Å². The topological polar surface area (TPSA) is 84.5 Å². The van der Waals surface area contributed by atoms with Crippen LogP contribution in [0.1, 0.15) is 35.3 Å². The van der Waals surface area contributed by atoms with Crippen molar-refractivity contribution in [1.29, 1.82) is 0 Å². The number of hydrogen-bond donors (Lipinski definition) is 2. The quantitative estimate of drug-likeness (QED) is 0.810. The van der Waals surface area contributed by atoms with Gasteiger partial charge in [-0.1, -0.05) is 12.1 Å². The van der Waals surface area contributed by atoms with Crippen LogP contribution in [-0.2, 0) is 10.0 Å². The number of aryl methyl sites for hydroxylation is 2. The van der Waals surface area contributed by atoms with E-state index in [2.05, 4.69) is 10.0 Å². The SMILES string of the molecule is COc1cc(C)c(S(=O)(=O)Nc2ccccc2C(=O)NC(C)C)c(C)c1. The van der Waals surface area contributed by atoms with Crippen molar-refractivity contribution in [2.45, 2.75) is 38.6 Å². The smallest absolute Gasteiger partial charge is 0.262 e. The van der Waals surface area contributed by atoms with Gasteiger partial charge in [0, 0.05) is 6.04 Å². The molecule has 0 fully saturated rings. The third-order valence-electron chi connectivity index (χ3n) is 3.77. The molecule has 0 radical (unpaired) electrons. The first-order chi connectivity index (χ1) is 12.2. The van der Waals surface area contributed by atoms with Crippen molar-refractivity contribution in [1.82, 2.24) is 5.32 Å². The van der Waals surface area contributed by atoms with Crippen LogP contribution in [0.3, 0.4) is 0 Å².